The lowest BCUT2D eigenvalue weighted by Gasteiger charge is -1.97. The van der Waals surface area contributed by atoms with Crippen molar-refractivity contribution in [2.75, 3.05) is 0 Å². The maximum atomic E-state index is 5.96. The molecule has 3 aromatic rings. The Morgan fingerprint density at radius 1 is 1.00 bits per heavy atom. The van der Waals surface area contributed by atoms with Gasteiger partial charge in [0.05, 0.1) is 4.88 Å². The lowest BCUT2D eigenvalue weighted by molar-refractivity contribution is 0.597. The van der Waals surface area contributed by atoms with E-state index >= 15 is 0 Å². The molecule has 2 heterocycles. The second-order valence-corrected chi connectivity index (χ2v) is 4.91. The van der Waals surface area contributed by atoms with Crippen LogP contribution in [0.25, 0.3) is 22.0 Å². The highest BCUT2D eigenvalue weighted by Gasteiger charge is 2.11. The first-order valence-electron chi connectivity index (χ1n) is 5.54. The molecule has 2 aromatic heterocycles. The van der Waals surface area contributed by atoms with Crippen molar-refractivity contribution in [1.82, 2.24) is 0 Å². The number of hydrogen-bond acceptors (Lipinski definition) is 2. The molecular formula is C15H12OS. The predicted octanol–water partition coefficient (Wildman–Crippen LogP) is 4.98. The van der Waals surface area contributed by atoms with E-state index in [1.165, 1.54) is 10.4 Å². The summed E-state index contributed by atoms with van der Waals surface area (Å²) in [6.07, 6.45) is 0. The first-order chi connectivity index (χ1) is 8.34. The zero-order chi connectivity index (χ0) is 11.7. The highest BCUT2D eigenvalue weighted by Crippen LogP contribution is 2.33. The van der Waals surface area contributed by atoms with Crippen molar-refractivity contribution >= 4 is 11.3 Å². The van der Waals surface area contributed by atoms with E-state index in [0.29, 0.717) is 0 Å². The molecule has 1 nitrogen and oxygen atoms in total. The van der Waals surface area contributed by atoms with E-state index < -0.39 is 0 Å². The zero-order valence-electron chi connectivity index (χ0n) is 9.51. The molecule has 0 radical (unpaired) electrons. The van der Waals surface area contributed by atoms with E-state index in [9.17, 15) is 0 Å². The van der Waals surface area contributed by atoms with Crippen LogP contribution in [-0.2, 0) is 0 Å². The molecule has 84 valence electrons. The lowest BCUT2D eigenvalue weighted by atomic mass is 10.1. The van der Waals surface area contributed by atoms with Gasteiger partial charge in [0.15, 0.2) is 0 Å². The molecule has 0 atom stereocenters. The van der Waals surface area contributed by atoms with Gasteiger partial charge in [-0.3, -0.25) is 0 Å². The van der Waals surface area contributed by atoms with Crippen molar-refractivity contribution in [1.29, 1.82) is 0 Å². The van der Waals surface area contributed by atoms with E-state index in [0.717, 1.165) is 17.1 Å². The van der Waals surface area contributed by atoms with Crippen LogP contribution in [0.2, 0.25) is 0 Å². The van der Waals surface area contributed by atoms with Gasteiger partial charge >= 0.3 is 0 Å². The number of rotatable bonds is 2. The molecule has 0 bridgehead atoms. The van der Waals surface area contributed by atoms with E-state index in [-0.39, 0.29) is 0 Å². The van der Waals surface area contributed by atoms with Gasteiger partial charge in [0.2, 0.25) is 0 Å². The summed E-state index contributed by atoms with van der Waals surface area (Å²) in [7, 11) is 0. The fourth-order valence-corrected chi connectivity index (χ4v) is 2.58. The Bertz CT molecular complexity index is 606. The minimum absolute atomic E-state index is 0.955. The van der Waals surface area contributed by atoms with Crippen LogP contribution in [0.3, 0.4) is 0 Å². The second-order valence-electron chi connectivity index (χ2n) is 3.97. The molecule has 1 aromatic carbocycles. The minimum atomic E-state index is 0.955. The highest BCUT2D eigenvalue weighted by atomic mass is 32.1. The summed E-state index contributed by atoms with van der Waals surface area (Å²) in [4.78, 5) is 1.18. The monoisotopic (exact) mass is 240 g/mol. The van der Waals surface area contributed by atoms with Crippen molar-refractivity contribution in [2.45, 2.75) is 6.92 Å². The maximum absolute atomic E-state index is 5.96. The third kappa shape index (κ3) is 1.92. The van der Waals surface area contributed by atoms with Gasteiger partial charge in [0.1, 0.15) is 11.5 Å². The summed E-state index contributed by atoms with van der Waals surface area (Å²) < 4.78 is 5.96. The fraction of sp³-hybridized carbons (Fsp3) is 0.0667. The predicted molar refractivity (Wildman–Crippen MR) is 72.2 cm³/mol. The van der Waals surface area contributed by atoms with Crippen LogP contribution in [0.5, 0.6) is 0 Å². The largest absolute Gasteiger partial charge is 0.455 e. The second kappa shape index (κ2) is 4.22. The summed E-state index contributed by atoms with van der Waals surface area (Å²) in [5, 5.41) is 2.06. The molecule has 0 fully saturated rings. The molecule has 0 saturated heterocycles. The Morgan fingerprint density at radius 2 is 1.82 bits per heavy atom. The molecule has 0 aliphatic rings. The van der Waals surface area contributed by atoms with E-state index in [4.69, 9.17) is 4.42 Å². The van der Waals surface area contributed by atoms with E-state index in [1.54, 1.807) is 11.3 Å². The average molecular weight is 240 g/mol. The van der Waals surface area contributed by atoms with Gasteiger partial charge in [0, 0.05) is 5.56 Å². The Kier molecular flexibility index (Phi) is 2.57. The van der Waals surface area contributed by atoms with Crippen molar-refractivity contribution < 1.29 is 4.42 Å². The molecular weight excluding hydrogens is 228 g/mol. The van der Waals surface area contributed by atoms with Crippen LogP contribution < -0.4 is 0 Å². The third-order valence-electron chi connectivity index (χ3n) is 2.72. The molecule has 0 aliphatic carbocycles. The van der Waals surface area contributed by atoms with Gasteiger partial charge in [-0.2, -0.15) is 0 Å². The van der Waals surface area contributed by atoms with Crippen LogP contribution in [0.1, 0.15) is 5.56 Å². The van der Waals surface area contributed by atoms with Gasteiger partial charge in [0.25, 0.3) is 0 Å². The maximum Gasteiger partial charge on any atom is 0.145 e. The SMILES string of the molecule is Cc1cc(-c2cccs2)oc1-c1ccccc1. The first-order valence-corrected chi connectivity index (χ1v) is 6.42. The van der Waals surface area contributed by atoms with Gasteiger partial charge in [-0.25, -0.2) is 0 Å². The molecule has 0 aliphatic heterocycles. The molecule has 0 amide bonds. The Morgan fingerprint density at radius 3 is 2.53 bits per heavy atom. The Hall–Kier alpha value is -1.80. The average Bonchev–Trinajstić information content (AvgIpc) is 2.99. The molecule has 0 spiro atoms. The smallest absolute Gasteiger partial charge is 0.145 e. The Balaban J connectivity index is 2.08. The molecule has 3 rings (SSSR count). The van der Waals surface area contributed by atoms with Crippen molar-refractivity contribution in [3.8, 4) is 22.0 Å². The molecule has 0 N–H and O–H groups in total. The van der Waals surface area contributed by atoms with Crippen molar-refractivity contribution in [2.24, 2.45) is 0 Å². The Labute approximate surface area is 104 Å². The molecule has 0 saturated carbocycles. The standard InChI is InChI=1S/C15H12OS/c1-11-10-13(14-8-5-9-17-14)16-15(11)12-6-3-2-4-7-12/h2-10H,1H3. The summed E-state index contributed by atoms with van der Waals surface area (Å²) in [5.74, 6) is 1.92. The number of hydrogen-bond donors (Lipinski definition) is 0. The van der Waals surface area contributed by atoms with Gasteiger partial charge < -0.3 is 4.42 Å². The van der Waals surface area contributed by atoms with Crippen molar-refractivity contribution in [3.05, 3.63) is 59.5 Å². The third-order valence-corrected chi connectivity index (χ3v) is 3.60. The van der Waals surface area contributed by atoms with E-state index in [1.807, 2.05) is 24.3 Å². The van der Waals surface area contributed by atoms with Crippen molar-refractivity contribution in [3.63, 3.8) is 0 Å². The van der Waals surface area contributed by atoms with Crippen LogP contribution >= 0.6 is 11.3 Å². The van der Waals surface area contributed by atoms with Crippen LogP contribution in [-0.4, -0.2) is 0 Å². The van der Waals surface area contributed by atoms with Crippen LogP contribution in [0, 0.1) is 6.92 Å². The zero-order valence-corrected chi connectivity index (χ0v) is 10.3. The first kappa shape index (κ1) is 10.4. The minimum Gasteiger partial charge on any atom is -0.455 e. The fourth-order valence-electron chi connectivity index (χ4n) is 1.90. The van der Waals surface area contributed by atoms with Gasteiger partial charge in [-0.15, -0.1) is 11.3 Å². The number of furan rings is 1. The number of aryl methyl sites for hydroxylation is 1. The van der Waals surface area contributed by atoms with Gasteiger partial charge in [-0.05, 0) is 30.0 Å². The molecule has 0 unspecified atom stereocenters. The van der Waals surface area contributed by atoms with Gasteiger partial charge in [-0.1, -0.05) is 36.4 Å². The number of thiophene rings is 1. The van der Waals surface area contributed by atoms with E-state index in [2.05, 4.69) is 36.6 Å². The highest BCUT2D eigenvalue weighted by molar-refractivity contribution is 7.13. The summed E-state index contributed by atoms with van der Waals surface area (Å²) in [5.41, 5.74) is 2.31. The lowest BCUT2D eigenvalue weighted by Crippen LogP contribution is -1.74. The quantitative estimate of drug-likeness (QED) is 0.615. The summed E-state index contributed by atoms with van der Waals surface area (Å²) >= 11 is 1.70. The van der Waals surface area contributed by atoms with Crippen LogP contribution in [0.15, 0.2) is 58.3 Å². The van der Waals surface area contributed by atoms with Crippen LogP contribution in [0.4, 0.5) is 0 Å². The summed E-state index contributed by atoms with van der Waals surface area (Å²) in [6.45, 7) is 2.09. The molecule has 17 heavy (non-hydrogen) atoms. The molecule has 2 heteroatoms. The summed E-state index contributed by atoms with van der Waals surface area (Å²) in [6, 6.07) is 16.5. The normalized spacial score (nSPS) is 10.6. The topological polar surface area (TPSA) is 13.1 Å². The number of benzene rings is 1.